The van der Waals surface area contributed by atoms with Crippen LogP contribution in [0, 0.1) is 0 Å². The third-order valence-corrected chi connectivity index (χ3v) is 5.59. The minimum Gasteiger partial charge on any atom is -0.497 e. The van der Waals surface area contributed by atoms with E-state index in [1.807, 2.05) is 24.3 Å². The van der Waals surface area contributed by atoms with Crippen molar-refractivity contribution >= 4 is 35.0 Å². The summed E-state index contributed by atoms with van der Waals surface area (Å²) in [4.78, 5) is 27.4. The van der Waals surface area contributed by atoms with E-state index >= 15 is 0 Å². The zero-order chi connectivity index (χ0) is 22.1. The highest BCUT2D eigenvalue weighted by Gasteiger charge is 2.26. The molecule has 7 heteroatoms. The predicted octanol–water partition coefficient (Wildman–Crippen LogP) is 4.88. The van der Waals surface area contributed by atoms with Gasteiger partial charge in [-0.3, -0.25) is 9.59 Å². The van der Waals surface area contributed by atoms with Gasteiger partial charge >= 0.3 is 0 Å². The molecule has 2 rings (SSSR count). The van der Waals surface area contributed by atoms with E-state index in [1.54, 1.807) is 37.1 Å². The zero-order valence-corrected chi connectivity index (χ0v) is 19.1. The SMILES string of the molecule is CCCCNC(=O)C(C)N(Cc1ccc(OC)cc1)C(=O)Cc1ccc(Cl)c(Cl)c1. The maximum Gasteiger partial charge on any atom is 0.242 e. The van der Waals surface area contributed by atoms with Crippen molar-refractivity contribution < 1.29 is 14.3 Å². The fourth-order valence-corrected chi connectivity index (χ4v) is 3.29. The molecular weight excluding hydrogens is 423 g/mol. The molecule has 0 saturated carbocycles. The quantitative estimate of drug-likeness (QED) is 0.524. The fraction of sp³-hybridized carbons (Fsp3) is 0.391. The molecule has 1 N–H and O–H groups in total. The molecule has 0 radical (unpaired) electrons. The molecular formula is C23H28Cl2N2O3. The summed E-state index contributed by atoms with van der Waals surface area (Å²) in [6, 6.07) is 12.0. The normalized spacial score (nSPS) is 11.6. The number of halogens is 2. The van der Waals surface area contributed by atoms with Crippen LogP contribution < -0.4 is 10.1 Å². The number of benzene rings is 2. The third kappa shape index (κ3) is 6.92. The lowest BCUT2D eigenvalue weighted by atomic mass is 10.1. The molecule has 30 heavy (non-hydrogen) atoms. The van der Waals surface area contributed by atoms with Gasteiger partial charge in [0.15, 0.2) is 0 Å². The van der Waals surface area contributed by atoms with Gasteiger partial charge in [-0.1, -0.05) is 54.7 Å². The molecule has 0 spiro atoms. The van der Waals surface area contributed by atoms with E-state index in [4.69, 9.17) is 27.9 Å². The van der Waals surface area contributed by atoms with Gasteiger partial charge < -0.3 is 15.0 Å². The van der Waals surface area contributed by atoms with Gasteiger partial charge in [0.1, 0.15) is 11.8 Å². The Hall–Kier alpha value is -2.24. The van der Waals surface area contributed by atoms with E-state index in [0.29, 0.717) is 23.1 Å². The number of methoxy groups -OCH3 is 1. The van der Waals surface area contributed by atoms with Crippen molar-refractivity contribution in [3.8, 4) is 5.75 Å². The molecule has 0 bridgehead atoms. The smallest absolute Gasteiger partial charge is 0.242 e. The Morgan fingerprint density at radius 3 is 2.33 bits per heavy atom. The van der Waals surface area contributed by atoms with Crippen LogP contribution in [0.3, 0.4) is 0 Å². The third-order valence-electron chi connectivity index (χ3n) is 4.85. The Morgan fingerprint density at radius 1 is 1.07 bits per heavy atom. The van der Waals surface area contributed by atoms with E-state index in [-0.39, 0.29) is 18.2 Å². The number of unbranched alkanes of at least 4 members (excludes halogenated alkanes) is 1. The monoisotopic (exact) mass is 450 g/mol. The van der Waals surface area contributed by atoms with Gasteiger partial charge in [-0.25, -0.2) is 0 Å². The molecule has 0 aliphatic rings. The molecule has 5 nitrogen and oxygen atoms in total. The lowest BCUT2D eigenvalue weighted by Crippen LogP contribution is -2.48. The van der Waals surface area contributed by atoms with E-state index < -0.39 is 6.04 Å². The lowest BCUT2D eigenvalue weighted by Gasteiger charge is -2.29. The molecule has 162 valence electrons. The number of ether oxygens (including phenoxy) is 1. The molecule has 0 aliphatic heterocycles. The molecule has 0 saturated heterocycles. The number of hydrogen-bond donors (Lipinski definition) is 1. The summed E-state index contributed by atoms with van der Waals surface area (Å²) in [7, 11) is 1.60. The average molecular weight is 451 g/mol. The Kier molecular flexibility index (Phi) is 9.47. The first kappa shape index (κ1) is 24.0. The summed E-state index contributed by atoms with van der Waals surface area (Å²) in [5.41, 5.74) is 1.65. The maximum absolute atomic E-state index is 13.2. The second kappa shape index (κ2) is 11.8. The van der Waals surface area contributed by atoms with Gasteiger partial charge in [-0.15, -0.1) is 0 Å². The van der Waals surface area contributed by atoms with Crippen LogP contribution in [0.4, 0.5) is 0 Å². The highest BCUT2D eigenvalue weighted by atomic mass is 35.5. The molecule has 0 aromatic heterocycles. The van der Waals surface area contributed by atoms with Crippen molar-refractivity contribution in [3.63, 3.8) is 0 Å². The highest BCUT2D eigenvalue weighted by Crippen LogP contribution is 2.23. The molecule has 0 heterocycles. The molecule has 0 aliphatic carbocycles. The first-order valence-corrected chi connectivity index (χ1v) is 10.7. The summed E-state index contributed by atoms with van der Waals surface area (Å²) in [6.45, 7) is 4.72. The van der Waals surface area contributed by atoms with Crippen molar-refractivity contribution in [2.45, 2.75) is 45.7 Å². The molecule has 0 fully saturated rings. The maximum atomic E-state index is 13.2. The molecule has 2 aromatic carbocycles. The second-order valence-corrected chi connectivity index (χ2v) is 7.93. The summed E-state index contributed by atoms with van der Waals surface area (Å²) in [5.74, 6) is 0.402. The first-order valence-electron chi connectivity index (χ1n) is 9.99. The number of rotatable bonds is 10. The van der Waals surface area contributed by atoms with Crippen LogP contribution in [-0.4, -0.2) is 36.4 Å². The molecule has 1 unspecified atom stereocenters. The van der Waals surface area contributed by atoms with Crippen LogP contribution in [0.1, 0.15) is 37.8 Å². The first-order chi connectivity index (χ1) is 14.3. The van der Waals surface area contributed by atoms with Crippen molar-refractivity contribution in [2.24, 2.45) is 0 Å². The second-order valence-electron chi connectivity index (χ2n) is 7.12. The van der Waals surface area contributed by atoms with Crippen LogP contribution in [-0.2, 0) is 22.6 Å². The van der Waals surface area contributed by atoms with Crippen LogP contribution in [0.25, 0.3) is 0 Å². The number of carbonyl (C=O) groups excluding carboxylic acids is 2. The molecule has 2 aromatic rings. The van der Waals surface area contributed by atoms with Gasteiger partial charge in [0.05, 0.1) is 23.6 Å². The van der Waals surface area contributed by atoms with Gasteiger partial charge in [0, 0.05) is 13.1 Å². The van der Waals surface area contributed by atoms with Crippen molar-refractivity contribution in [1.29, 1.82) is 0 Å². The lowest BCUT2D eigenvalue weighted by molar-refractivity contribution is -0.140. The van der Waals surface area contributed by atoms with Crippen molar-refractivity contribution in [1.82, 2.24) is 10.2 Å². The molecule has 2 amide bonds. The number of hydrogen-bond acceptors (Lipinski definition) is 3. The Morgan fingerprint density at radius 2 is 1.73 bits per heavy atom. The Bertz CT molecular complexity index is 856. The largest absolute Gasteiger partial charge is 0.497 e. The van der Waals surface area contributed by atoms with Gasteiger partial charge in [0.2, 0.25) is 11.8 Å². The van der Waals surface area contributed by atoms with E-state index in [1.165, 1.54) is 0 Å². The highest BCUT2D eigenvalue weighted by molar-refractivity contribution is 6.42. The minimum atomic E-state index is -0.612. The van der Waals surface area contributed by atoms with Crippen LogP contribution in [0.2, 0.25) is 10.0 Å². The number of carbonyl (C=O) groups is 2. The Labute approximate surface area is 188 Å². The van der Waals surface area contributed by atoms with E-state index in [0.717, 1.165) is 29.7 Å². The fourth-order valence-electron chi connectivity index (χ4n) is 2.97. The van der Waals surface area contributed by atoms with Crippen LogP contribution in [0.5, 0.6) is 5.75 Å². The standard InChI is InChI=1S/C23H28Cl2N2O3/c1-4-5-12-26-23(29)16(2)27(15-17-6-9-19(30-3)10-7-17)22(28)14-18-8-11-20(24)21(25)13-18/h6-11,13,16H,4-5,12,14-15H2,1-3H3,(H,26,29). The number of nitrogens with one attached hydrogen (secondary N) is 1. The average Bonchev–Trinajstić information content (AvgIpc) is 2.74. The summed E-state index contributed by atoms with van der Waals surface area (Å²) < 4.78 is 5.19. The van der Waals surface area contributed by atoms with Gasteiger partial charge in [-0.2, -0.15) is 0 Å². The molecule has 1 atom stereocenters. The Balaban J connectivity index is 2.20. The summed E-state index contributed by atoms with van der Waals surface area (Å²) in [5, 5.41) is 3.75. The van der Waals surface area contributed by atoms with Gasteiger partial charge in [0.25, 0.3) is 0 Å². The number of nitrogens with zero attached hydrogens (tertiary/aromatic N) is 1. The number of amides is 2. The zero-order valence-electron chi connectivity index (χ0n) is 17.6. The minimum absolute atomic E-state index is 0.125. The predicted molar refractivity (Wildman–Crippen MR) is 121 cm³/mol. The van der Waals surface area contributed by atoms with Crippen molar-refractivity contribution in [2.75, 3.05) is 13.7 Å². The van der Waals surface area contributed by atoms with E-state index in [9.17, 15) is 9.59 Å². The van der Waals surface area contributed by atoms with Gasteiger partial charge in [-0.05, 0) is 48.7 Å². The topological polar surface area (TPSA) is 58.6 Å². The van der Waals surface area contributed by atoms with E-state index in [2.05, 4.69) is 12.2 Å². The summed E-state index contributed by atoms with van der Waals surface area (Å²) in [6.07, 6.45) is 2.01. The van der Waals surface area contributed by atoms with Crippen molar-refractivity contribution in [3.05, 3.63) is 63.6 Å². The van der Waals surface area contributed by atoms with Crippen LogP contribution in [0.15, 0.2) is 42.5 Å². The van der Waals surface area contributed by atoms with Crippen LogP contribution >= 0.6 is 23.2 Å². The summed E-state index contributed by atoms with van der Waals surface area (Å²) >= 11 is 12.1.